The van der Waals surface area contributed by atoms with Gasteiger partial charge in [0.1, 0.15) is 22.9 Å². The zero-order chi connectivity index (χ0) is 42.5. The second-order valence-corrected chi connectivity index (χ2v) is 16.0. The van der Waals surface area contributed by atoms with Gasteiger partial charge in [0.2, 0.25) is 17.6 Å². The largest absolute Gasteiger partial charge is 0.508 e. The molecule has 0 aromatic heterocycles. The average Bonchev–Trinajstić information content (AvgIpc) is 3.57. The van der Waals surface area contributed by atoms with Crippen molar-refractivity contribution in [3.63, 3.8) is 0 Å². The van der Waals surface area contributed by atoms with Crippen molar-refractivity contribution in [1.29, 1.82) is 0 Å². The number of phenols is 1. The highest BCUT2D eigenvalue weighted by Crippen LogP contribution is 2.66. The first-order valence-electron chi connectivity index (χ1n) is 18.2. The maximum absolute atomic E-state index is 15.3. The molecule has 1 saturated carbocycles. The average molecular weight is 854 g/mol. The van der Waals surface area contributed by atoms with Gasteiger partial charge < -0.3 is 14.6 Å². The molecule has 16 heteroatoms. The van der Waals surface area contributed by atoms with E-state index >= 15 is 8.78 Å². The van der Waals surface area contributed by atoms with Crippen LogP contribution in [0.25, 0.3) is 12.2 Å². The minimum atomic E-state index is -2.67. The summed E-state index contributed by atoms with van der Waals surface area (Å²) in [5.74, 6) is -20.3. The van der Waals surface area contributed by atoms with Gasteiger partial charge in [0.15, 0.2) is 33.0 Å². The standard InChI is InChI=1S/C43H31Cl2F5N2O7/c1-19-16-22(8-14-28(19)53)31-25-12-13-26-30(27(25)18-42(44)40(56)52(41(57)43(31,42)45)37-35(49)33(47)32(46)34(48)36(37)50)39(55)51(38(26)54)23-9-5-20(6-10-23)4-7-21-17-24(58-2)11-15-29(21)59-3/h4-12,14-17,26-27,30-31,53H,13,18H2,1-3H3. The molecule has 8 rings (SSSR count). The van der Waals surface area contributed by atoms with Gasteiger partial charge in [-0.1, -0.05) is 48.1 Å². The number of halogens is 7. The van der Waals surface area contributed by atoms with E-state index in [0.29, 0.717) is 22.6 Å². The van der Waals surface area contributed by atoms with Crippen molar-refractivity contribution in [1.82, 2.24) is 0 Å². The number of ether oxygens (including phenoxy) is 2. The molecule has 304 valence electrons. The second kappa shape index (κ2) is 14.2. The Bertz CT molecular complexity index is 2560. The zero-order valence-corrected chi connectivity index (χ0v) is 32.7. The third-order valence-electron chi connectivity index (χ3n) is 11.8. The van der Waals surface area contributed by atoms with E-state index < -0.39 is 98.2 Å². The number of rotatable bonds is 7. The van der Waals surface area contributed by atoms with Crippen LogP contribution in [0.15, 0.2) is 72.3 Å². The predicted octanol–water partition coefficient (Wildman–Crippen LogP) is 8.35. The SMILES string of the molecule is COc1ccc(OC)c(C=Cc2ccc(N3C(=O)C4CC=C5C(CC6(Cl)C(=O)N(c7c(F)c(F)c(F)c(F)c7F)C(=O)C6(Cl)C5c5ccc(O)c(C)c5)C4C3=O)cc2)c1. The summed E-state index contributed by atoms with van der Waals surface area (Å²) in [6, 6.07) is 15.9. The van der Waals surface area contributed by atoms with Gasteiger partial charge >= 0.3 is 0 Å². The normalized spacial score (nSPS) is 26.3. The van der Waals surface area contributed by atoms with E-state index in [1.54, 1.807) is 67.8 Å². The molecule has 3 fully saturated rings. The minimum Gasteiger partial charge on any atom is -0.508 e. The van der Waals surface area contributed by atoms with Crippen molar-refractivity contribution < 1.29 is 55.7 Å². The fourth-order valence-electron chi connectivity index (χ4n) is 8.94. The topological polar surface area (TPSA) is 113 Å². The van der Waals surface area contributed by atoms with Crippen molar-refractivity contribution >= 4 is 70.4 Å². The Balaban J connectivity index is 1.19. The van der Waals surface area contributed by atoms with Crippen LogP contribution < -0.4 is 19.3 Å². The van der Waals surface area contributed by atoms with Crippen molar-refractivity contribution in [2.45, 2.75) is 35.4 Å². The number of phenolic OH excluding ortho intramolecular Hbond substituents is 1. The highest BCUT2D eigenvalue weighted by Gasteiger charge is 2.77. The number of aromatic hydroxyl groups is 1. The maximum Gasteiger partial charge on any atom is 0.258 e. The van der Waals surface area contributed by atoms with E-state index in [9.17, 15) is 37.5 Å². The van der Waals surface area contributed by atoms with Gasteiger partial charge in [0.05, 0.1) is 31.7 Å². The summed E-state index contributed by atoms with van der Waals surface area (Å²) < 4.78 is 84.6. The summed E-state index contributed by atoms with van der Waals surface area (Å²) in [6.07, 6.45) is 4.54. The summed E-state index contributed by atoms with van der Waals surface area (Å²) in [5, 5.41) is 10.4. The van der Waals surface area contributed by atoms with Crippen LogP contribution >= 0.6 is 23.2 Å². The van der Waals surface area contributed by atoms with E-state index in [-0.39, 0.29) is 33.9 Å². The molecule has 2 aliphatic heterocycles. The van der Waals surface area contributed by atoms with E-state index in [1.807, 2.05) is 0 Å². The number of alkyl halides is 2. The van der Waals surface area contributed by atoms with Crippen LogP contribution in [0.2, 0.25) is 0 Å². The molecule has 59 heavy (non-hydrogen) atoms. The van der Waals surface area contributed by atoms with Crippen LogP contribution in [0, 0.1) is 53.8 Å². The third-order valence-corrected chi connectivity index (χ3v) is 13.2. The summed E-state index contributed by atoms with van der Waals surface area (Å²) in [4.78, 5) is 53.0. The van der Waals surface area contributed by atoms with Crippen molar-refractivity contribution in [2.75, 3.05) is 24.0 Å². The quantitative estimate of drug-likeness (QED) is 0.0379. The van der Waals surface area contributed by atoms with E-state index in [2.05, 4.69) is 0 Å². The summed E-state index contributed by atoms with van der Waals surface area (Å²) in [6.45, 7) is 1.52. The summed E-state index contributed by atoms with van der Waals surface area (Å²) in [5.41, 5.74) is 0.581. The molecule has 6 atom stereocenters. The first-order valence-corrected chi connectivity index (χ1v) is 18.9. The molecule has 4 aromatic rings. The molecule has 2 aliphatic carbocycles. The number of benzene rings is 4. The maximum atomic E-state index is 15.3. The molecular formula is C43H31Cl2F5N2O7. The number of aryl methyl sites for hydroxylation is 1. The molecule has 4 aliphatic rings. The molecule has 0 bridgehead atoms. The molecular weight excluding hydrogens is 822 g/mol. The van der Waals surface area contributed by atoms with Gasteiger partial charge in [0, 0.05) is 11.5 Å². The number of nitrogens with zero attached hydrogens (tertiary/aromatic N) is 2. The van der Waals surface area contributed by atoms with Crippen LogP contribution in [0.4, 0.5) is 33.3 Å². The van der Waals surface area contributed by atoms with Gasteiger partial charge in [-0.2, -0.15) is 0 Å². The third kappa shape index (κ3) is 5.70. The Hall–Kier alpha value is -5.73. The Labute approximate surface area is 343 Å². The monoisotopic (exact) mass is 852 g/mol. The van der Waals surface area contributed by atoms with Gasteiger partial charge in [0.25, 0.3) is 11.8 Å². The summed E-state index contributed by atoms with van der Waals surface area (Å²) in [7, 11) is 3.08. The number of amides is 4. The first kappa shape index (κ1) is 40.1. The molecule has 2 heterocycles. The molecule has 4 amide bonds. The number of methoxy groups -OCH3 is 2. The molecule has 0 radical (unpaired) electrons. The molecule has 9 nitrogen and oxygen atoms in total. The number of hydrogen-bond donors (Lipinski definition) is 1. The van der Waals surface area contributed by atoms with Gasteiger partial charge in [-0.15, -0.1) is 23.2 Å². The highest BCUT2D eigenvalue weighted by atomic mass is 35.5. The van der Waals surface area contributed by atoms with Gasteiger partial charge in [-0.25, -0.2) is 26.9 Å². The van der Waals surface area contributed by atoms with Crippen LogP contribution in [0.3, 0.4) is 0 Å². The van der Waals surface area contributed by atoms with Crippen molar-refractivity contribution in [2.24, 2.45) is 17.8 Å². The number of allylic oxidation sites excluding steroid dienone is 2. The number of carbonyl (C=O) groups is 4. The van der Waals surface area contributed by atoms with Crippen LogP contribution in [-0.4, -0.2) is 52.7 Å². The van der Waals surface area contributed by atoms with Crippen LogP contribution in [-0.2, 0) is 19.2 Å². The Morgan fingerprint density at radius 1 is 0.763 bits per heavy atom. The lowest BCUT2D eigenvalue weighted by atomic mass is 9.56. The molecule has 0 spiro atoms. The first-order chi connectivity index (χ1) is 28.0. The predicted molar refractivity (Wildman–Crippen MR) is 207 cm³/mol. The Morgan fingerprint density at radius 3 is 2.05 bits per heavy atom. The highest BCUT2D eigenvalue weighted by molar-refractivity contribution is 6.58. The Kier molecular flexibility index (Phi) is 9.66. The van der Waals surface area contributed by atoms with E-state index in [0.717, 1.165) is 10.5 Å². The molecule has 4 aromatic carbocycles. The lowest BCUT2D eigenvalue weighted by Crippen LogP contribution is -2.60. The van der Waals surface area contributed by atoms with Gasteiger partial charge in [-0.3, -0.25) is 24.1 Å². The fourth-order valence-corrected chi connectivity index (χ4v) is 9.88. The molecule has 2 saturated heterocycles. The second-order valence-electron chi connectivity index (χ2n) is 14.8. The Morgan fingerprint density at radius 2 is 1.42 bits per heavy atom. The van der Waals surface area contributed by atoms with Crippen molar-refractivity contribution in [3.05, 3.63) is 124 Å². The smallest absolute Gasteiger partial charge is 0.258 e. The summed E-state index contributed by atoms with van der Waals surface area (Å²) >= 11 is 14.4. The zero-order valence-electron chi connectivity index (χ0n) is 31.2. The van der Waals surface area contributed by atoms with Gasteiger partial charge in [-0.05, 0) is 78.8 Å². The fraction of sp³-hybridized carbons (Fsp3) is 0.256. The number of hydrogen-bond acceptors (Lipinski definition) is 7. The number of imide groups is 2. The molecule has 6 unspecified atom stereocenters. The lowest BCUT2D eigenvalue weighted by Gasteiger charge is -2.50. The van der Waals surface area contributed by atoms with Crippen LogP contribution in [0.1, 0.15) is 41.0 Å². The minimum absolute atomic E-state index is 0.0277. The van der Waals surface area contributed by atoms with Crippen molar-refractivity contribution in [3.8, 4) is 17.2 Å². The van der Waals surface area contributed by atoms with E-state index in [4.69, 9.17) is 32.7 Å². The van der Waals surface area contributed by atoms with Crippen LogP contribution in [0.5, 0.6) is 17.2 Å². The number of anilines is 2. The number of fused-ring (bicyclic) bond motifs is 4. The lowest BCUT2D eigenvalue weighted by molar-refractivity contribution is -0.125. The molecule has 1 N–H and O–H groups in total. The number of carbonyl (C=O) groups excluding carboxylic acids is 4. The van der Waals surface area contributed by atoms with E-state index in [1.165, 1.54) is 32.2 Å².